The lowest BCUT2D eigenvalue weighted by molar-refractivity contribution is 0.377. The molecule has 0 saturated carbocycles. The number of anilines is 1. The third kappa shape index (κ3) is 4.01. The van der Waals surface area contributed by atoms with Crippen molar-refractivity contribution in [2.45, 2.75) is 27.2 Å². The highest BCUT2D eigenvalue weighted by atomic mass is 15.1. The van der Waals surface area contributed by atoms with E-state index in [1.165, 1.54) is 0 Å². The number of nitriles is 1. The Bertz CT molecular complexity index is 403. The fourth-order valence-electron chi connectivity index (χ4n) is 1.79. The lowest BCUT2D eigenvalue weighted by Crippen LogP contribution is -2.39. The van der Waals surface area contributed by atoms with E-state index in [0.717, 1.165) is 25.2 Å². The molecule has 0 aliphatic rings. The maximum Gasteiger partial charge on any atom is 0.140 e. The zero-order chi connectivity index (χ0) is 13.6. The number of rotatable bonds is 6. The van der Waals surface area contributed by atoms with E-state index in [1.54, 1.807) is 12.3 Å². The van der Waals surface area contributed by atoms with Crippen LogP contribution < -0.4 is 10.6 Å². The SMILES string of the molecule is CCCN(CC(C)(C)CN)c1ccc(C#N)nc1. The third-order valence-electron chi connectivity index (χ3n) is 2.89. The second-order valence-corrected chi connectivity index (χ2v) is 5.30. The molecular weight excluding hydrogens is 224 g/mol. The van der Waals surface area contributed by atoms with Crippen molar-refractivity contribution >= 4 is 5.69 Å². The molecule has 0 bridgehead atoms. The summed E-state index contributed by atoms with van der Waals surface area (Å²) >= 11 is 0. The summed E-state index contributed by atoms with van der Waals surface area (Å²) in [5, 5.41) is 8.75. The first-order valence-corrected chi connectivity index (χ1v) is 6.33. The molecule has 0 saturated heterocycles. The summed E-state index contributed by atoms with van der Waals surface area (Å²) in [6.07, 6.45) is 2.83. The first kappa shape index (κ1) is 14.5. The monoisotopic (exact) mass is 246 g/mol. The highest BCUT2D eigenvalue weighted by Crippen LogP contribution is 2.21. The van der Waals surface area contributed by atoms with E-state index in [2.05, 4.69) is 30.7 Å². The summed E-state index contributed by atoms with van der Waals surface area (Å²) < 4.78 is 0. The number of hydrogen-bond donors (Lipinski definition) is 1. The van der Waals surface area contributed by atoms with Crippen molar-refractivity contribution in [2.75, 3.05) is 24.5 Å². The molecule has 0 spiro atoms. The van der Waals surface area contributed by atoms with Gasteiger partial charge in [-0.05, 0) is 30.5 Å². The Kier molecular flexibility index (Phi) is 5.11. The van der Waals surface area contributed by atoms with Crippen molar-refractivity contribution in [3.63, 3.8) is 0 Å². The molecule has 0 aromatic carbocycles. The lowest BCUT2D eigenvalue weighted by Gasteiger charge is -2.33. The molecule has 0 radical (unpaired) electrons. The van der Waals surface area contributed by atoms with Crippen LogP contribution >= 0.6 is 0 Å². The Labute approximate surface area is 109 Å². The Morgan fingerprint density at radius 1 is 1.44 bits per heavy atom. The van der Waals surface area contributed by atoms with Crippen LogP contribution in [-0.4, -0.2) is 24.6 Å². The Morgan fingerprint density at radius 3 is 2.61 bits per heavy atom. The van der Waals surface area contributed by atoms with Gasteiger partial charge in [-0.3, -0.25) is 0 Å². The maximum atomic E-state index is 8.75. The normalized spacial score (nSPS) is 11.1. The van der Waals surface area contributed by atoms with Gasteiger partial charge in [0.1, 0.15) is 11.8 Å². The molecule has 0 aliphatic heterocycles. The van der Waals surface area contributed by atoms with Crippen molar-refractivity contribution in [3.05, 3.63) is 24.0 Å². The molecule has 0 unspecified atom stereocenters. The summed E-state index contributed by atoms with van der Waals surface area (Å²) in [5.74, 6) is 0. The van der Waals surface area contributed by atoms with Crippen LogP contribution in [0, 0.1) is 16.7 Å². The van der Waals surface area contributed by atoms with E-state index in [0.29, 0.717) is 12.2 Å². The third-order valence-corrected chi connectivity index (χ3v) is 2.89. The smallest absolute Gasteiger partial charge is 0.140 e. The highest BCUT2D eigenvalue weighted by molar-refractivity contribution is 5.46. The molecule has 18 heavy (non-hydrogen) atoms. The van der Waals surface area contributed by atoms with E-state index in [-0.39, 0.29) is 5.41 Å². The van der Waals surface area contributed by atoms with Crippen LogP contribution in [0.1, 0.15) is 32.9 Å². The minimum Gasteiger partial charge on any atom is -0.370 e. The van der Waals surface area contributed by atoms with Gasteiger partial charge in [0.25, 0.3) is 0 Å². The van der Waals surface area contributed by atoms with Crippen LogP contribution in [0.15, 0.2) is 18.3 Å². The molecular formula is C14H22N4. The summed E-state index contributed by atoms with van der Waals surface area (Å²) in [5.41, 5.74) is 7.37. The quantitative estimate of drug-likeness (QED) is 0.835. The summed E-state index contributed by atoms with van der Waals surface area (Å²) in [4.78, 5) is 6.40. The number of nitrogens with two attached hydrogens (primary N) is 1. The second kappa shape index (κ2) is 6.36. The zero-order valence-corrected chi connectivity index (χ0v) is 11.5. The van der Waals surface area contributed by atoms with Crippen LogP contribution in [0.4, 0.5) is 5.69 Å². The van der Waals surface area contributed by atoms with Gasteiger partial charge in [0, 0.05) is 13.1 Å². The molecule has 98 valence electrons. The van der Waals surface area contributed by atoms with Crippen molar-refractivity contribution in [1.29, 1.82) is 5.26 Å². The Morgan fingerprint density at radius 2 is 2.17 bits per heavy atom. The van der Waals surface area contributed by atoms with Crippen LogP contribution in [0.25, 0.3) is 0 Å². The van der Waals surface area contributed by atoms with Gasteiger partial charge in [-0.15, -0.1) is 0 Å². The molecule has 1 rings (SSSR count). The van der Waals surface area contributed by atoms with E-state index >= 15 is 0 Å². The largest absolute Gasteiger partial charge is 0.370 e. The lowest BCUT2D eigenvalue weighted by atomic mass is 9.93. The minimum atomic E-state index is 0.0725. The molecule has 0 atom stereocenters. The van der Waals surface area contributed by atoms with Crippen molar-refractivity contribution in [2.24, 2.45) is 11.1 Å². The highest BCUT2D eigenvalue weighted by Gasteiger charge is 2.20. The van der Waals surface area contributed by atoms with Crippen molar-refractivity contribution in [3.8, 4) is 6.07 Å². The fourth-order valence-corrected chi connectivity index (χ4v) is 1.79. The van der Waals surface area contributed by atoms with E-state index in [4.69, 9.17) is 11.0 Å². The standard InChI is InChI=1S/C14H22N4/c1-4-7-18(11-14(2,3)10-16)13-6-5-12(8-15)17-9-13/h5-6,9H,4,7,10-11,16H2,1-3H3. The van der Waals surface area contributed by atoms with Crippen LogP contribution in [0.2, 0.25) is 0 Å². The maximum absolute atomic E-state index is 8.75. The van der Waals surface area contributed by atoms with Crippen LogP contribution in [0.5, 0.6) is 0 Å². The average Bonchev–Trinajstić information content (AvgIpc) is 2.38. The van der Waals surface area contributed by atoms with Gasteiger partial charge in [0.2, 0.25) is 0 Å². The summed E-state index contributed by atoms with van der Waals surface area (Å²) in [6, 6.07) is 5.74. The minimum absolute atomic E-state index is 0.0725. The number of pyridine rings is 1. The van der Waals surface area contributed by atoms with Gasteiger partial charge >= 0.3 is 0 Å². The zero-order valence-electron chi connectivity index (χ0n) is 11.5. The second-order valence-electron chi connectivity index (χ2n) is 5.30. The van der Waals surface area contributed by atoms with Gasteiger partial charge in [-0.1, -0.05) is 20.8 Å². The van der Waals surface area contributed by atoms with Crippen molar-refractivity contribution < 1.29 is 0 Å². The molecule has 1 aromatic rings. The Hall–Kier alpha value is -1.60. The molecule has 4 heteroatoms. The van der Waals surface area contributed by atoms with Crippen molar-refractivity contribution in [1.82, 2.24) is 4.98 Å². The van der Waals surface area contributed by atoms with E-state index < -0.39 is 0 Å². The summed E-state index contributed by atoms with van der Waals surface area (Å²) in [6.45, 7) is 8.98. The van der Waals surface area contributed by atoms with E-state index in [1.807, 2.05) is 12.1 Å². The summed E-state index contributed by atoms with van der Waals surface area (Å²) in [7, 11) is 0. The molecule has 0 fully saturated rings. The van der Waals surface area contributed by atoms with Gasteiger partial charge < -0.3 is 10.6 Å². The first-order valence-electron chi connectivity index (χ1n) is 6.33. The molecule has 2 N–H and O–H groups in total. The molecule has 0 aliphatic carbocycles. The van der Waals surface area contributed by atoms with Crippen LogP contribution in [-0.2, 0) is 0 Å². The molecule has 1 aromatic heterocycles. The van der Waals surface area contributed by atoms with Gasteiger partial charge in [0.15, 0.2) is 0 Å². The number of hydrogen-bond acceptors (Lipinski definition) is 4. The van der Waals surface area contributed by atoms with Gasteiger partial charge in [-0.2, -0.15) is 5.26 Å². The predicted molar refractivity (Wildman–Crippen MR) is 74.3 cm³/mol. The van der Waals surface area contributed by atoms with Gasteiger partial charge in [-0.25, -0.2) is 4.98 Å². The number of aromatic nitrogens is 1. The molecule has 4 nitrogen and oxygen atoms in total. The van der Waals surface area contributed by atoms with Gasteiger partial charge in [0.05, 0.1) is 11.9 Å². The molecule has 0 amide bonds. The molecule has 1 heterocycles. The van der Waals surface area contributed by atoms with Crippen LogP contribution in [0.3, 0.4) is 0 Å². The predicted octanol–water partition coefficient (Wildman–Crippen LogP) is 2.15. The average molecular weight is 246 g/mol. The number of nitrogens with zero attached hydrogens (tertiary/aromatic N) is 3. The topological polar surface area (TPSA) is 65.9 Å². The Balaban J connectivity index is 2.87. The first-order chi connectivity index (χ1) is 8.52. The fraction of sp³-hybridized carbons (Fsp3) is 0.571. The van der Waals surface area contributed by atoms with E-state index in [9.17, 15) is 0 Å².